The van der Waals surface area contributed by atoms with Crippen LogP contribution in [0.15, 0.2) is 217 Å². The van der Waals surface area contributed by atoms with Crippen LogP contribution in [0.4, 0.5) is 0 Å². The standard InChI is InChI=1S/C58H37N5O/c1-2-7-19-37(18-6-1)56-59-57(38-20-8-3-9-21-38)61-58(60-56)48-30-17-29-47-46-28-16-27-42(54(46)64-55(47)48)39-32-35-51-49(36-39)45-34-33-44-43-26-14-15-31-50(43)62(40-22-10-4-11-23-40)52(44)53(45)63(51)41-24-12-5-13-25-41/h1,3-36H,2H2. The summed E-state index contributed by atoms with van der Waals surface area (Å²) in [5, 5.41) is 6.83. The third-order valence-electron chi connectivity index (χ3n) is 12.6. The minimum Gasteiger partial charge on any atom is -0.455 e. The molecule has 0 aliphatic heterocycles. The van der Waals surface area contributed by atoms with Crippen LogP contribution in [-0.4, -0.2) is 24.1 Å². The van der Waals surface area contributed by atoms with Gasteiger partial charge in [-0.15, -0.1) is 0 Å². The van der Waals surface area contributed by atoms with Crippen molar-refractivity contribution in [2.24, 2.45) is 0 Å². The van der Waals surface area contributed by atoms with E-state index in [1.165, 1.54) is 38.1 Å². The molecule has 1 aliphatic rings. The second-order valence-electron chi connectivity index (χ2n) is 16.3. The highest BCUT2D eigenvalue weighted by atomic mass is 16.3. The summed E-state index contributed by atoms with van der Waals surface area (Å²) in [4.78, 5) is 15.2. The van der Waals surface area contributed by atoms with Crippen molar-refractivity contribution < 1.29 is 4.42 Å². The molecule has 0 N–H and O–H groups in total. The Labute approximate surface area is 368 Å². The average molecular weight is 820 g/mol. The van der Waals surface area contributed by atoms with Gasteiger partial charge >= 0.3 is 0 Å². The van der Waals surface area contributed by atoms with E-state index >= 15 is 0 Å². The van der Waals surface area contributed by atoms with Crippen LogP contribution in [0.2, 0.25) is 0 Å². The first-order chi connectivity index (χ1) is 31.8. The number of furan rings is 1. The van der Waals surface area contributed by atoms with Gasteiger partial charge in [-0.3, -0.25) is 0 Å². The van der Waals surface area contributed by atoms with E-state index in [1.54, 1.807) is 0 Å². The Balaban J connectivity index is 1.04. The van der Waals surface area contributed by atoms with E-state index in [2.05, 4.69) is 191 Å². The summed E-state index contributed by atoms with van der Waals surface area (Å²) in [6.45, 7) is 0. The third-order valence-corrected chi connectivity index (χ3v) is 12.6. The molecule has 4 aromatic heterocycles. The molecule has 64 heavy (non-hydrogen) atoms. The molecule has 0 bridgehead atoms. The van der Waals surface area contributed by atoms with Crippen LogP contribution in [-0.2, 0) is 0 Å². The van der Waals surface area contributed by atoms with Crippen molar-refractivity contribution in [3.8, 4) is 45.3 Å². The molecule has 300 valence electrons. The number of benzene rings is 8. The Kier molecular flexibility index (Phi) is 8.18. The van der Waals surface area contributed by atoms with E-state index in [1.807, 2.05) is 30.3 Å². The predicted octanol–water partition coefficient (Wildman–Crippen LogP) is 14.9. The summed E-state index contributed by atoms with van der Waals surface area (Å²) in [6.07, 6.45) is 11.3. The Hall–Kier alpha value is -8.61. The van der Waals surface area contributed by atoms with Gasteiger partial charge in [-0.2, -0.15) is 0 Å². The van der Waals surface area contributed by atoms with Crippen molar-refractivity contribution in [1.82, 2.24) is 24.1 Å². The molecule has 0 unspecified atom stereocenters. The van der Waals surface area contributed by atoms with Crippen LogP contribution in [0.3, 0.4) is 0 Å². The number of fused-ring (bicyclic) bond motifs is 10. The summed E-state index contributed by atoms with van der Waals surface area (Å²) in [5.41, 5.74) is 13.2. The number of para-hydroxylation sites is 5. The molecule has 0 saturated heterocycles. The maximum atomic E-state index is 7.06. The zero-order valence-corrected chi connectivity index (χ0v) is 34.6. The second kappa shape index (κ2) is 14.5. The summed E-state index contributed by atoms with van der Waals surface area (Å²) in [5.74, 6) is 1.79. The zero-order valence-electron chi connectivity index (χ0n) is 34.6. The highest BCUT2D eigenvalue weighted by Gasteiger charge is 2.23. The predicted molar refractivity (Wildman–Crippen MR) is 263 cm³/mol. The Morgan fingerprint density at radius 1 is 0.406 bits per heavy atom. The molecule has 0 fully saturated rings. The number of hydrogen-bond acceptors (Lipinski definition) is 4. The topological polar surface area (TPSA) is 61.7 Å². The minimum atomic E-state index is 0.562. The van der Waals surface area contributed by atoms with Crippen LogP contribution in [0.5, 0.6) is 0 Å². The van der Waals surface area contributed by atoms with E-state index in [0.29, 0.717) is 17.5 Å². The van der Waals surface area contributed by atoms with Gasteiger partial charge in [0.2, 0.25) is 0 Å². The van der Waals surface area contributed by atoms with E-state index in [-0.39, 0.29) is 0 Å². The second-order valence-corrected chi connectivity index (χ2v) is 16.3. The molecular weight excluding hydrogens is 783 g/mol. The Morgan fingerprint density at radius 3 is 1.72 bits per heavy atom. The lowest BCUT2D eigenvalue weighted by molar-refractivity contribution is 0.670. The maximum Gasteiger partial charge on any atom is 0.167 e. The average Bonchev–Trinajstić information content (AvgIpc) is 3.93. The SMILES string of the molecule is C1=CCC=CC(c2nc(-c3ccccc3)nc(-c3cccc4c3oc3c(-c5ccc6c(c5)c5ccc7c8ccccc8n(-c8ccccc8)c7c5n6-c5ccccc5)cccc34)n2)=C1. The van der Waals surface area contributed by atoms with Gasteiger partial charge in [-0.05, 0) is 60.5 Å². The number of rotatable bonds is 6. The van der Waals surface area contributed by atoms with Crippen molar-refractivity contribution in [2.75, 3.05) is 0 Å². The molecule has 8 aromatic carbocycles. The van der Waals surface area contributed by atoms with Crippen LogP contribution in [0.25, 0.3) is 116 Å². The monoisotopic (exact) mass is 819 g/mol. The smallest absolute Gasteiger partial charge is 0.167 e. The van der Waals surface area contributed by atoms with Gasteiger partial charge in [0.1, 0.15) is 11.2 Å². The Morgan fingerprint density at radius 2 is 0.984 bits per heavy atom. The van der Waals surface area contributed by atoms with Crippen LogP contribution in [0.1, 0.15) is 12.2 Å². The van der Waals surface area contributed by atoms with Gasteiger partial charge in [0.05, 0.1) is 27.6 Å². The fourth-order valence-electron chi connectivity index (χ4n) is 9.70. The molecule has 0 spiro atoms. The summed E-state index contributed by atoms with van der Waals surface area (Å²) < 4.78 is 11.9. The van der Waals surface area contributed by atoms with Crippen molar-refractivity contribution in [1.29, 1.82) is 0 Å². The molecule has 0 amide bonds. The zero-order chi connectivity index (χ0) is 42.1. The molecule has 13 rings (SSSR count). The molecule has 4 heterocycles. The van der Waals surface area contributed by atoms with E-state index in [9.17, 15) is 0 Å². The molecule has 6 heteroatoms. The lowest BCUT2D eigenvalue weighted by Gasteiger charge is -2.12. The van der Waals surface area contributed by atoms with Crippen molar-refractivity contribution in [2.45, 2.75) is 6.42 Å². The lowest BCUT2D eigenvalue weighted by Crippen LogP contribution is -2.02. The van der Waals surface area contributed by atoms with Gasteiger partial charge < -0.3 is 13.6 Å². The molecular formula is C58H37N5O. The van der Waals surface area contributed by atoms with Gasteiger partial charge in [0.25, 0.3) is 0 Å². The number of hydrogen-bond donors (Lipinski definition) is 0. The fraction of sp³-hybridized carbons (Fsp3) is 0.0172. The number of nitrogens with zero attached hydrogens (tertiary/aromatic N) is 5. The fourth-order valence-corrected chi connectivity index (χ4v) is 9.70. The van der Waals surface area contributed by atoms with Gasteiger partial charge in [0.15, 0.2) is 17.5 Å². The molecule has 1 aliphatic carbocycles. The van der Waals surface area contributed by atoms with Crippen molar-refractivity contribution >= 4 is 71.1 Å². The van der Waals surface area contributed by atoms with E-state index in [0.717, 1.165) is 73.1 Å². The summed E-state index contributed by atoms with van der Waals surface area (Å²) >= 11 is 0. The number of allylic oxidation sites excluding steroid dienone is 6. The van der Waals surface area contributed by atoms with Crippen LogP contribution in [0, 0.1) is 0 Å². The highest BCUT2D eigenvalue weighted by molar-refractivity contribution is 6.24. The largest absolute Gasteiger partial charge is 0.455 e. The van der Waals surface area contributed by atoms with Crippen molar-refractivity contribution in [3.63, 3.8) is 0 Å². The lowest BCUT2D eigenvalue weighted by atomic mass is 9.99. The summed E-state index contributed by atoms with van der Waals surface area (Å²) in [6, 6.07) is 64.4. The number of aromatic nitrogens is 5. The molecule has 12 aromatic rings. The molecule has 0 radical (unpaired) electrons. The van der Waals surface area contributed by atoms with E-state index < -0.39 is 0 Å². The minimum absolute atomic E-state index is 0.562. The van der Waals surface area contributed by atoms with Crippen LogP contribution >= 0.6 is 0 Å². The van der Waals surface area contributed by atoms with Gasteiger partial charge in [-0.1, -0.05) is 164 Å². The molecule has 0 atom stereocenters. The van der Waals surface area contributed by atoms with Gasteiger partial charge in [0, 0.05) is 60.4 Å². The quantitative estimate of drug-likeness (QED) is 0.168. The van der Waals surface area contributed by atoms with Crippen LogP contribution < -0.4 is 0 Å². The Bertz CT molecular complexity index is 3910. The normalized spacial score (nSPS) is 12.9. The highest BCUT2D eigenvalue weighted by Crippen LogP contribution is 2.44. The summed E-state index contributed by atoms with van der Waals surface area (Å²) in [7, 11) is 0. The first-order valence-corrected chi connectivity index (χ1v) is 21.7. The van der Waals surface area contributed by atoms with Gasteiger partial charge in [-0.25, -0.2) is 15.0 Å². The third kappa shape index (κ3) is 5.63. The molecule has 6 nitrogen and oxygen atoms in total. The van der Waals surface area contributed by atoms with E-state index in [4.69, 9.17) is 19.4 Å². The first kappa shape index (κ1) is 36.1. The first-order valence-electron chi connectivity index (χ1n) is 21.7. The van der Waals surface area contributed by atoms with Crippen molar-refractivity contribution in [3.05, 3.63) is 218 Å². The maximum absolute atomic E-state index is 7.06. The molecule has 0 saturated carbocycles.